The highest BCUT2D eigenvalue weighted by atomic mass is 32.1. The minimum Gasteiger partial charge on any atom is -0.351 e. The third-order valence-corrected chi connectivity index (χ3v) is 4.75. The van der Waals surface area contributed by atoms with Crippen LogP contribution < -0.4 is 5.32 Å². The summed E-state index contributed by atoms with van der Waals surface area (Å²) < 4.78 is 2.15. The van der Waals surface area contributed by atoms with Crippen LogP contribution >= 0.6 is 11.3 Å². The average Bonchev–Trinajstić information content (AvgIpc) is 3.15. The van der Waals surface area contributed by atoms with Crippen molar-refractivity contribution >= 4 is 28.1 Å². The van der Waals surface area contributed by atoms with Crippen molar-refractivity contribution in [2.45, 2.75) is 25.8 Å². The van der Waals surface area contributed by atoms with E-state index in [9.17, 15) is 4.79 Å². The highest BCUT2D eigenvalue weighted by molar-refractivity contribution is 7.09. The Hall–Kier alpha value is -2.07. The summed E-state index contributed by atoms with van der Waals surface area (Å²) in [6.45, 7) is 0.644. The number of nitrogens with zero attached hydrogens (tertiary/aromatic N) is 1. The van der Waals surface area contributed by atoms with Crippen molar-refractivity contribution in [2.24, 2.45) is 7.05 Å². The molecule has 0 saturated carbocycles. The Kier molecular flexibility index (Phi) is 4.59. The summed E-state index contributed by atoms with van der Waals surface area (Å²) in [6.07, 6.45) is 4.57. The maximum Gasteiger partial charge on any atom is 0.220 e. The molecule has 3 nitrogen and oxygen atoms in total. The van der Waals surface area contributed by atoms with Crippen LogP contribution in [0.5, 0.6) is 0 Å². The molecule has 0 aliphatic rings. The molecule has 4 heteroatoms. The van der Waals surface area contributed by atoms with Crippen LogP contribution in [-0.4, -0.2) is 10.5 Å². The predicted octanol–water partition coefficient (Wildman–Crippen LogP) is 3.88. The first-order chi connectivity index (χ1) is 10.7. The zero-order valence-electron chi connectivity index (χ0n) is 12.7. The Morgan fingerprint density at radius 1 is 1.23 bits per heavy atom. The van der Waals surface area contributed by atoms with E-state index >= 15 is 0 Å². The van der Waals surface area contributed by atoms with E-state index in [0.717, 1.165) is 12.8 Å². The minimum atomic E-state index is 0.133. The van der Waals surface area contributed by atoms with E-state index in [2.05, 4.69) is 47.4 Å². The van der Waals surface area contributed by atoms with Gasteiger partial charge >= 0.3 is 0 Å². The van der Waals surface area contributed by atoms with Gasteiger partial charge in [0.1, 0.15) is 0 Å². The van der Waals surface area contributed by atoms with Crippen LogP contribution in [0.25, 0.3) is 10.9 Å². The number of fused-ring (bicyclic) bond motifs is 1. The van der Waals surface area contributed by atoms with Crippen molar-refractivity contribution < 1.29 is 4.79 Å². The molecule has 0 aliphatic heterocycles. The Morgan fingerprint density at radius 3 is 2.91 bits per heavy atom. The zero-order valence-corrected chi connectivity index (χ0v) is 13.5. The van der Waals surface area contributed by atoms with Gasteiger partial charge in [-0.2, -0.15) is 0 Å². The highest BCUT2D eigenvalue weighted by Gasteiger charge is 2.07. The van der Waals surface area contributed by atoms with Gasteiger partial charge in [0.25, 0.3) is 0 Å². The van der Waals surface area contributed by atoms with Crippen molar-refractivity contribution in [1.29, 1.82) is 0 Å². The topological polar surface area (TPSA) is 34.0 Å². The molecule has 0 spiro atoms. The monoisotopic (exact) mass is 312 g/mol. The summed E-state index contributed by atoms with van der Waals surface area (Å²) in [7, 11) is 2.07. The summed E-state index contributed by atoms with van der Waals surface area (Å²) in [4.78, 5) is 13.1. The van der Waals surface area contributed by atoms with Gasteiger partial charge in [-0.25, -0.2) is 0 Å². The molecule has 1 amide bonds. The first-order valence-corrected chi connectivity index (χ1v) is 8.44. The summed E-state index contributed by atoms with van der Waals surface area (Å²) in [6, 6.07) is 12.5. The van der Waals surface area contributed by atoms with Crippen LogP contribution in [0.4, 0.5) is 0 Å². The zero-order chi connectivity index (χ0) is 15.4. The van der Waals surface area contributed by atoms with Gasteiger partial charge < -0.3 is 9.88 Å². The molecule has 3 aromatic rings. The lowest BCUT2D eigenvalue weighted by molar-refractivity contribution is -0.121. The van der Waals surface area contributed by atoms with Gasteiger partial charge in [-0.1, -0.05) is 24.3 Å². The van der Waals surface area contributed by atoms with Crippen LogP contribution in [0.2, 0.25) is 0 Å². The van der Waals surface area contributed by atoms with Crippen LogP contribution in [0, 0.1) is 0 Å². The van der Waals surface area contributed by atoms with Crippen molar-refractivity contribution in [3.8, 4) is 0 Å². The quantitative estimate of drug-likeness (QED) is 0.736. The number of amides is 1. The van der Waals surface area contributed by atoms with Gasteiger partial charge in [0.05, 0.1) is 6.54 Å². The largest absolute Gasteiger partial charge is 0.351 e. The number of nitrogens with one attached hydrogen (secondary N) is 1. The van der Waals surface area contributed by atoms with Gasteiger partial charge in [-0.3, -0.25) is 4.79 Å². The number of hydrogen-bond acceptors (Lipinski definition) is 2. The van der Waals surface area contributed by atoms with E-state index in [1.54, 1.807) is 11.3 Å². The number of para-hydroxylation sites is 1. The minimum absolute atomic E-state index is 0.133. The fourth-order valence-corrected chi connectivity index (χ4v) is 3.40. The van der Waals surface area contributed by atoms with Crippen molar-refractivity contribution in [3.05, 3.63) is 58.4 Å². The molecular weight excluding hydrogens is 292 g/mol. The molecule has 2 aromatic heterocycles. The van der Waals surface area contributed by atoms with Gasteiger partial charge in [0, 0.05) is 35.4 Å². The number of carbonyl (C=O) groups is 1. The van der Waals surface area contributed by atoms with Crippen molar-refractivity contribution in [1.82, 2.24) is 9.88 Å². The molecule has 3 rings (SSSR count). The van der Waals surface area contributed by atoms with Crippen LogP contribution in [0.15, 0.2) is 48.0 Å². The van der Waals surface area contributed by atoms with E-state index in [1.165, 1.54) is 21.3 Å². The number of rotatable bonds is 6. The summed E-state index contributed by atoms with van der Waals surface area (Å²) in [5.41, 5.74) is 2.57. The second-order valence-electron chi connectivity index (χ2n) is 5.49. The normalized spacial score (nSPS) is 11.0. The van der Waals surface area contributed by atoms with E-state index in [1.807, 2.05) is 17.5 Å². The van der Waals surface area contributed by atoms with Crippen LogP contribution in [0.1, 0.15) is 23.3 Å². The summed E-state index contributed by atoms with van der Waals surface area (Å²) in [5.74, 6) is 0.133. The molecule has 1 N–H and O–H groups in total. The third-order valence-electron chi connectivity index (χ3n) is 3.87. The number of benzene rings is 1. The molecule has 0 unspecified atom stereocenters. The fraction of sp³-hybridized carbons (Fsp3) is 0.278. The smallest absolute Gasteiger partial charge is 0.220 e. The molecule has 0 aliphatic carbocycles. The Labute approximate surface area is 134 Å². The standard InChI is InChI=1S/C18H20N2OS/c1-20-13-14(16-8-2-3-9-17(16)20)6-4-10-18(21)19-12-15-7-5-11-22-15/h2-3,5,7-9,11,13H,4,6,10,12H2,1H3,(H,19,21). The second-order valence-corrected chi connectivity index (χ2v) is 6.52. The van der Waals surface area contributed by atoms with E-state index in [0.29, 0.717) is 13.0 Å². The maximum atomic E-state index is 11.9. The Bertz CT molecular complexity index is 759. The molecule has 22 heavy (non-hydrogen) atoms. The van der Waals surface area contributed by atoms with Gasteiger partial charge in [-0.05, 0) is 35.9 Å². The predicted molar refractivity (Wildman–Crippen MR) is 92.0 cm³/mol. The molecule has 0 bridgehead atoms. The molecule has 114 valence electrons. The number of thiophene rings is 1. The number of aryl methyl sites for hydroxylation is 2. The van der Waals surface area contributed by atoms with E-state index in [4.69, 9.17) is 0 Å². The van der Waals surface area contributed by atoms with Gasteiger partial charge in [0.2, 0.25) is 5.91 Å². The number of aromatic nitrogens is 1. The van der Waals surface area contributed by atoms with E-state index in [-0.39, 0.29) is 5.91 Å². The highest BCUT2D eigenvalue weighted by Crippen LogP contribution is 2.21. The van der Waals surface area contributed by atoms with Gasteiger partial charge in [0.15, 0.2) is 0 Å². The SMILES string of the molecule is Cn1cc(CCCC(=O)NCc2cccs2)c2ccccc21. The molecular formula is C18H20N2OS. The molecule has 0 saturated heterocycles. The first kappa shape index (κ1) is 14.9. The number of carbonyl (C=O) groups excluding carboxylic acids is 1. The summed E-state index contributed by atoms with van der Waals surface area (Å²) in [5, 5.41) is 6.31. The average molecular weight is 312 g/mol. The van der Waals surface area contributed by atoms with Crippen molar-refractivity contribution in [3.63, 3.8) is 0 Å². The molecule has 2 heterocycles. The van der Waals surface area contributed by atoms with Crippen molar-refractivity contribution in [2.75, 3.05) is 0 Å². The lowest BCUT2D eigenvalue weighted by Crippen LogP contribution is -2.21. The third kappa shape index (κ3) is 3.39. The molecule has 0 atom stereocenters. The Morgan fingerprint density at radius 2 is 2.09 bits per heavy atom. The van der Waals surface area contributed by atoms with E-state index < -0.39 is 0 Å². The van der Waals surface area contributed by atoms with Gasteiger partial charge in [-0.15, -0.1) is 11.3 Å². The maximum absolute atomic E-state index is 11.9. The number of hydrogen-bond donors (Lipinski definition) is 1. The van der Waals surface area contributed by atoms with Crippen LogP contribution in [-0.2, 0) is 24.8 Å². The summed E-state index contributed by atoms with van der Waals surface area (Å²) >= 11 is 1.67. The molecule has 0 radical (unpaired) electrons. The first-order valence-electron chi connectivity index (χ1n) is 7.56. The molecule has 1 aromatic carbocycles. The lowest BCUT2D eigenvalue weighted by Gasteiger charge is -2.03. The lowest BCUT2D eigenvalue weighted by atomic mass is 10.1. The Balaban J connectivity index is 1.51. The molecule has 0 fully saturated rings. The van der Waals surface area contributed by atoms with Crippen LogP contribution in [0.3, 0.4) is 0 Å². The second kappa shape index (κ2) is 6.79. The fourth-order valence-electron chi connectivity index (χ4n) is 2.75.